The number of benzene rings is 2. The van der Waals surface area contributed by atoms with Crippen molar-refractivity contribution in [1.29, 1.82) is 0 Å². The highest BCUT2D eigenvalue weighted by molar-refractivity contribution is 7.99. The molecule has 3 aromatic rings. The molecular weight excluding hydrogens is 410 g/mol. The molecule has 2 aromatic carbocycles. The van der Waals surface area contributed by atoms with E-state index >= 15 is 0 Å². The first-order valence-corrected chi connectivity index (χ1v) is 10.1. The van der Waals surface area contributed by atoms with E-state index in [1.54, 1.807) is 14.2 Å². The van der Waals surface area contributed by atoms with Crippen LogP contribution in [0.3, 0.4) is 0 Å². The molecule has 0 atom stereocenters. The largest absolute Gasteiger partial charge is 0.493 e. The third-order valence-electron chi connectivity index (χ3n) is 4.08. The molecule has 0 spiro atoms. The summed E-state index contributed by atoms with van der Waals surface area (Å²) < 4.78 is 10.6. The van der Waals surface area contributed by atoms with Gasteiger partial charge in [-0.3, -0.25) is 4.79 Å². The molecule has 6 nitrogen and oxygen atoms in total. The van der Waals surface area contributed by atoms with Crippen molar-refractivity contribution < 1.29 is 14.3 Å². The minimum Gasteiger partial charge on any atom is -0.493 e. The van der Waals surface area contributed by atoms with E-state index < -0.39 is 0 Å². The lowest BCUT2D eigenvalue weighted by Crippen LogP contribution is -2.26. The minimum absolute atomic E-state index is 0.174. The summed E-state index contributed by atoms with van der Waals surface area (Å²) in [6.45, 7) is 0.448. The fourth-order valence-corrected chi connectivity index (χ4v) is 3.65. The first-order valence-electron chi connectivity index (χ1n) is 8.86. The molecular formula is C21H20ClN3O3S. The maximum Gasteiger partial charge on any atom is 0.254 e. The quantitative estimate of drug-likeness (QED) is 0.576. The zero-order chi connectivity index (χ0) is 20.6. The number of ether oxygens (including phenoxy) is 2. The van der Waals surface area contributed by atoms with Crippen LogP contribution in [0.1, 0.15) is 15.9 Å². The lowest BCUT2D eigenvalue weighted by Gasteiger charge is -2.11. The van der Waals surface area contributed by atoms with Crippen LogP contribution in [0.25, 0.3) is 0 Å². The molecule has 0 unspecified atom stereocenters. The predicted octanol–water partition coefficient (Wildman–Crippen LogP) is 4.27. The molecule has 0 fully saturated rings. The van der Waals surface area contributed by atoms with E-state index in [0.717, 1.165) is 10.5 Å². The summed E-state index contributed by atoms with van der Waals surface area (Å²) in [6.07, 6.45) is 0.638. The Morgan fingerprint density at radius 3 is 2.52 bits per heavy atom. The summed E-state index contributed by atoms with van der Waals surface area (Å²) in [5, 5.41) is 11.6. The van der Waals surface area contributed by atoms with Crippen LogP contribution in [0, 0.1) is 0 Å². The Balaban J connectivity index is 1.67. The fraction of sp³-hybridized carbons (Fsp3) is 0.190. The molecule has 3 rings (SSSR count). The van der Waals surface area contributed by atoms with Gasteiger partial charge in [0.05, 0.1) is 19.8 Å². The van der Waals surface area contributed by atoms with Crippen molar-refractivity contribution in [2.45, 2.75) is 16.3 Å². The Hall–Kier alpha value is -2.77. The normalized spacial score (nSPS) is 10.4. The van der Waals surface area contributed by atoms with Crippen LogP contribution in [-0.4, -0.2) is 36.9 Å². The van der Waals surface area contributed by atoms with E-state index in [-0.39, 0.29) is 11.1 Å². The lowest BCUT2D eigenvalue weighted by atomic mass is 10.1. The van der Waals surface area contributed by atoms with Crippen molar-refractivity contribution in [2.24, 2.45) is 0 Å². The van der Waals surface area contributed by atoms with Gasteiger partial charge >= 0.3 is 0 Å². The van der Waals surface area contributed by atoms with Gasteiger partial charge in [-0.05, 0) is 42.3 Å². The Labute approximate surface area is 178 Å². The molecule has 0 aliphatic heterocycles. The average Bonchev–Trinajstić information content (AvgIpc) is 2.75. The molecule has 1 aromatic heterocycles. The van der Waals surface area contributed by atoms with Crippen molar-refractivity contribution >= 4 is 29.3 Å². The van der Waals surface area contributed by atoms with Gasteiger partial charge in [0.1, 0.15) is 5.03 Å². The molecule has 1 heterocycles. The van der Waals surface area contributed by atoms with E-state index in [0.29, 0.717) is 35.1 Å². The minimum atomic E-state index is -0.249. The number of halogens is 1. The summed E-state index contributed by atoms with van der Waals surface area (Å²) in [5.74, 6) is 1.07. The Bertz CT molecular complexity index is 986. The molecule has 0 aliphatic rings. The van der Waals surface area contributed by atoms with Gasteiger partial charge in [-0.1, -0.05) is 47.6 Å². The highest BCUT2D eigenvalue weighted by atomic mass is 35.5. The SMILES string of the molecule is COc1ccc(CCNC(=O)c2cc(Cl)nnc2Sc2ccccc2)cc1OC. The van der Waals surface area contributed by atoms with Gasteiger partial charge in [-0.2, -0.15) is 0 Å². The van der Waals surface area contributed by atoms with Crippen LogP contribution in [0.15, 0.2) is 64.5 Å². The Morgan fingerprint density at radius 2 is 1.79 bits per heavy atom. The number of nitrogens with one attached hydrogen (secondary N) is 1. The number of methoxy groups -OCH3 is 2. The van der Waals surface area contributed by atoms with Gasteiger partial charge in [-0.15, -0.1) is 10.2 Å². The van der Waals surface area contributed by atoms with E-state index in [9.17, 15) is 4.79 Å². The number of hydrogen-bond acceptors (Lipinski definition) is 6. The summed E-state index contributed by atoms with van der Waals surface area (Å²) >= 11 is 7.33. The first kappa shape index (κ1) is 21.0. The molecule has 150 valence electrons. The highest BCUT2D eigenvalue weighted by Crippen LogP contribution is 2.29. The molecule has 1 amide bonds. The van der Waals surface area contributed by atoms with E-state index in [1.165, 1.54) is 17.8 Å². The smallest absolute Gasteiger partial charge is 0.254 e. The van der Waals surface area contributed by atoms with E-state index in [2.05, 4.69) is 15.5 Å². The van der Waals surface area contributed by atoms with Gasteiger partial charge in [0.25, 0.3) is 5.91 Å². The molecule has 8 heteroatoms. The summed E-state index contributed by atoms with van der Waals surface area (Å²) in [6, 6.07) is 16.9. The molecule has 0 aliphatic carbocycles. The summed E-state index contributed by atoms with van der Waals surface area (Å²) in [5.41, 5.74) is 1.42. The molecule has 0 bridgehead atoms. The second-order valence-electron chi connectivity index (χ2n) is 6.00. The van der Waals surface area contributed by atoms with Gasteiger partial charge in [0.15, 0.2) is 16.7 Å². The van der Waals surface area contributed by atoms with Gasteiger partial charge in [0, 0.05) is 11.4 Å². The zero-order valence-electron chi connectivity index (χ0n) is 16.0. The number of carbonyl (C=O) groups excluding carboxylic acids is 1. The van der Waals surface area contributed by atoms with Crippen molar-refractivity contribution in [3.63, 3.8) is 0 Å². The lowest BCUT2D eigenvalue weighted by molar-refractivity contribution is 0.0950. The maximum absolute atomic E-state index is 12.7. The monoisotopic (exact) mass is 429 g/mol. The number of rotatable bonds is 8. The average molecular weight is 430 g/mol. The Kier molecular flexibility index (Phi) is 7.32. The van der Waals surface area contributed by atoms with Crippen LogP contribution < -0.4 is 14.8 Å². The fourth-order valence-electron chi connectivity index (χ4n) is 2.65. The van der Waals surface area contributed by atoms with Crippen LogP contribution in [0.5, 0.6) is 11.5 Å². The highest BCUT2D eigenvalue weighted by Gasteiger charge is 2.16. The van der Waals surface area contributed by atoms with Crippen molar-refractivity contribution in [3.05, 3.63) is 70.9 Å². The van der Waals surface area contributed by atoms with Crippen molar-refractivity contribution in [3.8, 4) is 11.5 Å². The number of aromatic nitrogens is 2. The zero-order valence-corrected chi connectivity index (χ0v) is 17.6. The first-order chi connectivity index (χ1) is 14.1. The van der Waals surface area contributed by atoms with Crippen molar-refractivity contribution in [2.75, 3.05) is 20.8 Å². The number of amides is 1. The number of nitrogens with zero attached hydrogens (tertiary/aromatic N) is 2. The van der Waals surface area contributed by atoms with Crippen LogP contribution in [0.4, 0.5) is 0 Å². The molecule has 0 saturated carbocycles. The second kappa shape index (κ2) is 10.1. The predicted molar refractivity (Wildman–Crippen MR) is 113 cm³/mol. The molecule has 0 saturated heterocycles. The van der Waals surface area contributed by atoms with Crippen LogP contribution >= 0.6 is 23.4 Å². The van der Waals surface area contributed by atoms with E-state index in [1.807, 2.05) is 48.5 Å². The van der Waals surface area contributed by atoms with Crippen molar-refractivity contribution in [1.82, 2.24) is 15.5 Å². The summed E-state index contributed by atoms with van der Waals surface area (Å²) in [4.78, 5) is 13.7. The third kappa shape index (κ3) is 5.62. The number of carbonyl (C=O) groups is 1. The maximum atomic E-state index is 12.7. The molecule has 1 N–H and O–H groups in total. The Morgan fingerprint density at radius 1 is 1.03 bits per heavy atom. The topological polar surface area (TPSA) is 73.3 Å². The summed E-state index contributed by atoms with van der Waals surface area (Å²) in [7, 11) is 3.19. The van der Waals surface area contributed by atoms with Gasteiger partial charge in [0.2, 0.25) is 0 Å². The number of hydrogen-bond donors (Lipinski definition) is 1. The van der Waals surface area contributed by atoms with Gasteiger partial charge < -0.3 is 14.8 Å². The standard InChI is InChI=1S/C21H20ClN3O3S/c1-27-17-9-8-14(12-18(17)28-2)10-11-23-20(26)16-13-19(22)24-25-21(16)29-15-6-4-3-5-7-15/h3-9,12-13H,10-11H2,1-2H3,(H,23,26). The third-order valence-corrected chi connectivity index (χ3v) is 5.27. The molecule has 29 heavy (non-hydrogen) atoms. The second-order valence-corrected chi connectivity index (χ2v) is 7.45. The van der Waals surface area contributed by atoms with Crippen LogP contribution in [0.2, 0.25) is 5.15 Å². The van der Waals surface area contributed by atoms with E-state index in [4.69, 9.17) is 21.1 Å². The molecule has 0 radical (unpaired) electrons. The van der Waals surface area contributed by atoms with Gasteiger partial charge in [-0.25, -0.2) is 0 Å². The van der Waals surface area contributed by atoms with Crippen LogP contribution in [-0.2, 0) is 6.42 Å².